The monoisotopic (exact) mass is 253 g/mol. The molecule has 0 aromatic carbocycles. The average molecular weight is 254 g/mol. The minimum atomic E-state index is 0.303. The number of halogens is 1. The van der Waals surface area contributed by atoms with Crippen molar-refractivity contribution in [3.05, 3.63) is 17.5 Å². The van der Waals surface area contributed by atoms with Crippen molar-refractivity contribution in [3.63, 3.8) is 0 Å². The summed E-state index contributed by atoms with van der Waals surface area (Å²) < 4.78 is 4.94. The molecule has 2 aromatic heterocycles. The van der Waals surface area contributed by atoms with Crippen LogP contribution >= 0.6 is 11.6 Å². The van der Waals surface area contributed by atoms with Crippen LogP contribution in [0.15, 0.2) is 12.4 Å². The second kappa shape index (κ2) is 5.70. The van der Waals surface area contributed by atoms with Gasteiger partial charge in [-0.1, -0.05) is 11.6 Å². The van der Waals surface area contributed by atoms with Crippen LogP contribution in [0.5, 0.6) is 0 Å². The van der Waals surface area contributed by atoms with Crippen molar-refractivity contribution in [1.82, 2.24) is 19.9 Å². The molecule has 2 aromatic rings. The third-order valence-electron chi connectivity index (χ3n) is 2.10. The van der Waals surface area contributed by atoms with Crippen LogP contribution in [0.25, 0.3) is 11.2 Å². The molecule has 0 aliphatic carbocycles. The normalized spacial score (nSPS) is 10.7. The highest BCUT2D eigenvalue weighted by atomic mass is 35.5. The molecule has 0 radical (unpaired) electrons. The van der Waals surface area contributed by atoms with Crippen molar-refractivity contribution in [2.75, 3.05) is 25.6 Å². The Balaban J connectivity index is 2.13. The number of nitrogens with zero attached hydrogens (tertiary/aromatic N) is 4. The topological polar surface area (TPSA) is 72.8 Å². The maximum atomic E-state index is 5.98. The summed E-state index contributed by atoms with van der Waals surface area (Å²) >= 11 is 5.98. The Kier molecular flexibility index (Phi) is 4.00. The van der Waals surface area contributed by atoms with Crippen LogP contribution in [-0.4, -0.2) is 40.2 Å². The second-order valence-electron chi connectivity index (χ2n) is 3.34. The summed E-state index contributed by atoms with van der Waals surface area (Å²) in [5.41, 5.74) is 0.998. The van der Waals surface area contributed by atoms with E-state index in [-0.39, 0.29) is 0 Å². The van der Waals surface area contributed by atoms with Gasteiger partial charge in [-0.05, 0) is 6.42 Å². The third kappa shape index (κ3) is 2.98. The first kappa shape index (κ1) is 11.9. The highest BCUT2D eigenvalue weighted by molar-refractivity contribution is 6.33. The summed E-state index contributed by atoms with van der Waals surface area (Å²) in [5.74, 6) is 0.458. The van der Waals surface area contributed by atoms with E-state index in [0.29, 0.717) is 28.9 Å². The van der Waals surface area contributed by atoms with Crippen LogP contribution in [0.4, 0.5) is 5.95 Å². The van der Waals surface area contributed by atoms with Gasteiger partial charge in [-0.2, -0.15) is 9.97 Å². The van der Waals surface area contributed by atoms with E-state index in [0.717, 1.165) is 13.0 Å². The van der Waals surface area contributed by atoms with Crippen LogP contribution in [0.2, 0.25) is 5.15 Å². The summed E-state index contributed by atoms with van der Waals surface area (Å²) in [6.45, 7) is 1.41. The predicted molar refractivity (Wildman–Crippen MR) is 65.1 cm³/mol. The van der Waals surface area contributed by atoms with E-state index in [1.807, 2.05) is 0 Å². The zero-order valence-electron chi connectivity index (χ0n) is 9.35. The molecule has 1 N–H and O–H groups in total. The number of fused-ring (bicyclic) bond motifs is 1. The lowest BCUT2D eigenvalue weighted by Crippen LogP contribution is -2.08. The van der Waals surface area contributed by atoms with Crippen LogP contribution in [0, 0.1) is 0 Å². The molecule has 0 saturated carbocycles. The lowest BCUT2D eigenvalue weighted by molar-refractivity contribution is 0.197. The zero-order valence-corrected chi connectivity index (χ0v) is 10.1. The average Bonchev–Trinajstić information content (AvgIpc) is 2.35. The van der Waals surface area contributed by atoms with E-state index in [1.165, 1.54) is 0 Å². The fraction of sp³-hybridized carbons (Fsp3) is 0.400. The molecule has 6 nitrogen and oxygen atoms in total. The number of ether oxygens (including phenoxy) is 1. The Morgan fingerprint density at radius 3 is 2.94 bits per heavy atom. The SMILES string of the molecule is COCCCNc1nc(Cl)c2nccnc2n1. The van der Waals surface area contributed by atoms with Crippen molar-refractivity contribution in [3.8, 4) is 0 Å². The first-order valence-electron chi connectivity index (χ1n) is 5.18. The number of anilines is 1. The zero-order chi connectivity index (χ0) is 12.1. The van der Waals surface area contributed by atoms with E-state index < -0.39 is 0 Å². The lowest BCUT2D eigenvalue weighted by atomic mass is 10.4. The predicted octanol–water partition coefficient (Wildman–Crippen LogP) is 1.52. The summed E-state index contributed by atoms with van der Waals surface area (Å²) in [6, 6.07) is 0. The van der Waals surface area contributed by atoms with Gasteiger partial charge in [0.1, 0.15) is 5.52 Å². The number of methoxy groups -OCH3 is 1. The van der Waals surface area contributed by atoms with Gasteiger partial charge >= 0.3 is 0 Å². The molecule has 17 heavy (non-hydrogen) atoms. The van der Waals surface area contributed by atoms with Crippen molar-refractivity contribution >= 4 is 28.7 Å². The minimum absolute atomic E-state index is 0.303. The first-order chi connectivity index (χ1) is 8.31. The van der Waals surface area contributed by atoms with Gasteiger partial charge in [-0.15, -0.1) is 0 Å². The summed E-state index contributed by atoms with van der Waals surface area (Å²) in [7, 11) is 1.67. The number of rotatable bonds is 5. The standard InChI is InChI=1S/C10H12ClN5O/c1-17-6-2-3-14-10-15-8(11)7-9(16-10)13-5-4-12-7/h4-5H,2-3,6H2,1H3,(H,13,14,15,16). The lowest BCUT2D eigenvalue weighted by Gasteiger charge is -2.05. The number of hydrogen-bond acceptors (Lipinski definition) is 6. The molecule has 0 atom stereocenters. The minimum Gasteiger partial charge on any atom is -0.385 e. The summed E-state index contributed by atoms with van der Waals surface area (Å²) in [5, 5.41) is 3.36. The summed E-state index contributed by atoms with van der Waals surface area (Å²) in [4.78, 5) is 16.5. The molecule has 2 rings (SSSR count). The highest BCUT2D eigenvalue weighted by Crippen LogP contribution is 2.17. The molecule has 0 fully saturated rings. The molecule has 7 heteroatoms. The van der Waals surface area contributed by atoms with Crippen molar-refractivity contribution in [2.24, 2.45) is 0 Å². The van der Waals surface area contributed by atoms with Crippen molar-refractivity contribution < 1.29 is 4.74 Å². The number of aromatic nitrogens is 4. The summed E-state index contributed by atoms with van der Waals surface area (Å²) in [6.07, 6.45) is 4.00. The van der Waals surface area contributed by atoms with Gasteiger partial charge < -0.3 is 10.1 Å². The molecular formula is C10H12ClN5O. The third-order valence-corrected chi connectivity index (χ3v) is 2.36. The Morgan fingerprint density at radius 1 is 1.29 bits per heavy atom. The van der Waals surface area contributed by atoms with Gasteiger partial charge in [-0.3, -0.25) is 0 Å². The fourth-order valence-electron chi connectivity index (χ4n) is 1.33. The molecule has 0 aliphatic heterocycles. The largest absolute Gasteiger partial charge is 0.385 e. The van der Waals surface area contributed by atoms with Gasteiger partial charge in [0.25, 0.3) is 0 Å². The molecule has 0 amide bonds. The maximum absolute atomic E-state index is 5.98. The van der Waals surface area contributed by atoms with E-state index >= 15 is 0 Å². The van der Waals surface area contributed by atoms with Gasteiger partial charge in [-0.25, -0.2) is 9.97 Å². The molecule has 0 aliphatic rings. The molecule has 0 bridgehead atoms. The van der Waals surface area contributed by atoms with Crippen molar-refractivity contribution in [2.45, 2.75) is 6.42 Å². The maximum Gasteiger partial charge on any atom is 0.226 e. The van der Waals surface area contributed by atoms with Gasteiger partial charge in [0.2, 0.25) is 5.95 Å². The van der Waals surface area contributed by atoms with E-state index in [4.69, 9.17) is 16.3 Å². The van der Waals surface area contributed by atoms with Gasteiger partial charge in [0.05, 0.1) is 0 Å². The first-order valence-corrected chi connectivity index (χ1v) is 5.56. The van der Waals surface area contributed by atoms with Gasteiger partial charge in [0, 0.05) is 32.7 Å². The van der Waals surface area contributed by atoms with Gasteiger partial charge in [0.15, 0.2) is 10.8 Å². The quantitative estimate of drug-likeness (QED) is 0.643. The highest BCUT2D eigenvalue weighted by Gasteiger charge is 2.06. The van der Waals surface area contributed by atoms with E-state index in [9.17, 15) is 0 Å². The Morgan fingerprint density at radius 2 is 2.12 bits per heavy atom. The molecule has 90 valence electrons. The Hall–Kier alpha value is -1.53. The molecule has 0 saturated heterocycles. The molecule has 2 heterocycles. The van der Waals surface area contributed by atoms with Crippen molar-refractivity contribution in [1.29, 1.82) is 0 Å². The molecule has 0 spiro atoms. The second-order valence-corrected chi connectivity index (χ2v) is 3.70. The Labute approximate surface area is 103 Å². The van der Waals surface area contributed by atoms with Crippen LogP contribution in [-0.2, 0) is 4.74 Å². The number of hydrogen-bond donors (Lipinski definition) is 1. The van der Waals surface area contributed by atoms with Crippen LogP contribution in [0.3, 0.4) is 0 Å². The van der Waals surface area contributed by atoms with E-state index in [1.54, 1.807) is 19.5 Å². The fourth-order valence-corrected chi connectivity index (χ4v) is 1.54. The smallest absolute Gasteiger partial charge is 0.226 e. The number of nitrogens with one attached hydrogen (secondary N) is 1. The van der Waals surface area contributed by atoms with Crippen LogP contribution in [0.1, 0.15) is 6.42 Å². The molecule has 0 unspecified atom stereocenters. The molecular weight excluding hydrogens is 242 g/mol. The van der Waals surface area contributed by atoms with E-state index in [2.05, 4.69) is 25.3 Å². The Bertz CT molecular complexity index is 507. The van der Waals surface area contributed by atoms with Crippen LogP contribution < -0.4 is 5.32 Å².